The van der Waals surface area contributed by atoms with Gasteiger partial charge in [-0.25, -0.2) is 9.79 Å². The summed E-state index contributed by atoms with van der Waals surface area (Å²) in [4.78, 5) is 15.4. The molecule has 0 spiro atoms. The second-order valence-corrected chi connectivity index (χ2v) is 6.30. The molecule has 0 unspecified atom stereocenters. The standard InChI is InChI=1S/C17H26N4O3/c1-12(18)21-15(19)11-13-5-7-14(8-6-13)23-10-9-20-16(22)24-17(2,3)4/h5-8H,9-11H2,1-4H3,(H,20,22)(H3,18,19,21). The van der Waals surface area contributed by atoms with Crippen LogP contribution in [0.4, 0.5) is 4.79 Å². The van der Waals surface area contributed by atoms with E-state index in [0.717, 1.165) is 5.56 Å². The Balaban J connectivity index is 2.34. The molecule has 24 heavy (non-hydrogen) atoms. The topological polar surface area (TPSA) is 110 Å². The van der Waals surface area contributed by atoms with E-state index in [2.05, 4.69) is 10.3 Å². The van der Waals surface area contributed by atoms with Crippen LogP contribution in [0.25, 0.3) is 0 Å². The highest BCUT2D eigenvalue weighted by Gasteiger charge is 2.15. The summed E-state index contributed by atoms with van der Waals surface area (Å²) in [6.07, 6.45) is -0.0506. The smallest absolute Gasteiger partial charge is 0.407 e. The van der Waals surface area contributed by atoms with Gasteiger partial charge in [0.05, 0.1) is 12.4 Å². The summed E-state index contributed by atoms with van der Waals surface area (Å²) in [5.41, 5.74) is 5.88. The molecule has 0 aliphatic rings. The molecule has 132 valence electrons. The number of alkyl carbamates (subject to hydrolysis) is 1. The van der Waals surface area contributed by atoms with Crippen molar-refractivity contribution < 1.29 is 14.3 Å². The Labute approximate surface area is 142 Å². The predicted molar refractivity (Wildman–Crippen MR) is 94.9 cm³/mol. The molecule has 1 amide bonds. The third-order valence-corrected chi connectivity index (χ3v) is 2.65. The van der Waals surface area contributed by atoms with Gasteiger partial charge < -0.3 is 20.5 Å². The lowest BCUT2D eigenvalue weighted by atomic mass is 10.1. The maximum Gasteiger partial charge on any atom is 0.407 e. The van der Waals surface area contributed by atoms with Crippen molar-refractivity contribution in [2.24, 2.45) is 10.7 Å². The van der Waals surface area contributed by atoms with Gasteiger partial charge in [0.1, 0.15) is 23.8 Å². The minimum atomic E-state index is -0.513. The number of amidine groups is 2. The molecule has 0 saturated heterocycles. The van der Waals surface area contributed by atoms with E-state index in [-0.39, 0.29) is 5.84 Å². The summed E-state index contributed by atoms with van der Waals surface area (Å²) < 4.78 is 10.7. The number of nitrogens with zero attached hydrogens (tertiary/aromatic N) is 1. The first kappa shape index (κ1) is 19.5. The van der Waals surface area contributed by atoms with Gasteiger partial charge >= 0.3 is 6.09 Å². The van der Waals surface area contributed by atoms with Crippen molar-refractivity contribution in [2.75, 3.05) is 13.2 Å². The summed E-state index contributed by atoms with van der Waals surface area (Å²) in [7, 11) is 0. The number of aliphatic imine (C=N–C) groups is 1. The lowest BCUT2D eigenvalue weighted by Crippen LogP contribution is -2.34. The first-order valence-corrected chi connectivity index (χ1v) is 7.72. The summed E-state index contributed by atoms with van der Waals surface area (Å²) >= 11 is 0. The van der Waals surface area contributed by atoms with Crippen LogP contribution in [0.1, 0.15) is 33.3 Å². The van der Waals surface area contributed by atoms with E-state index >= 15 is 0 Å². The molecular weight excluding hydrogens is 308 g/mol. The van der Waals surface area contributed by atoms with Gasteiger partial charge in [-0.05, 0) is 45.4 Å². The molecule has 0 saturated carbocycles. The molecule has 4 N–H and O–H groups in total. The molecule has 0 aliphatic heterocycles. The number of hydrogen-bond donors (Lipinski definition) is 3. The zero-order valence-electron chi connectivity index (χ0n) is 14.7. The Kier molecular flexibility index (Phi) is 7.23. The molecule has 0 aromatic heterocycles. The molecule has 0 atom stereocenters. The average Bonchev–Trinajstić information content (AvgIpc) is 2.42. The van der Waals surface area contributed by atoms with Crippen LogP contribution in [-0.2, 0) is 11.2 Å². The fourth-order valence-electron chi connectivity index (χ4n) is 1.79. The van der Waals surface area contributed by atoms with Gasteiger partial charge in [0.25, 0.3) is 0 Å². The van der Waals surface area contributed by atoms with Crippen molar-refractivity contribution in [3.8, 4) is 5.75 Å². The van der Waals surface area contributed by atoms with Gasteiger partial charge in [-0.3, -0.25) is 5.41 Å². The third kappa shape index (κ3) is 8.77. The Morgan fingerprint density at radius 3 is 2.46 bits per heavy atom. The molecule has 1 aromatic carbocycles. The minimum Gasteiger partial charge on any atom is -0.492 e. The van der Waals surface area contributed by atoms with Gasteiger partial charge in [-0.1, -0.05) is 12.1 Å². The van der Waals surface area contributed by atoms with Gasteiger partial charge in [-0.2, -0.15) is 0 Å². The van der Waals surface area contributed by atoms with Crippen LogP contribution >= 0.6 is 0 Å². The summed E-state index contributed by atoms with van der Waals surface area (Å²) in [5, 5.41) is 10.3. The molecule has 7 nitrogen and oxygen atoms in total. The first-order chi connectivity index (χ1) is 11.2. The number of ether oxygens (including phenoxy) is 2. The number of carbonyl (C=O) groups excluding carboxylic acids is 1. The zero-order chi connectivity index (χ0) is 18.2. The lowest BCUT2D eigenvalue weighted by Gasteiger charge is -2.19. The number of nitrogens with two attached hydrogens (primary N) is 1. The molecule has 1 rings (SSSR count). The van der Waals surface area contributed by atoms with E-state index in [1.807, 2.05) is 45.0 Å². The minimum absolute atomic E-state index is 0.213. The second-order valence-electron chi connectivity index (χ2n) is 6.30. The highest BCUT2D eigenvalue weighted by molar-refractivity contribution is 5.94. The van der Waals surface area contributed by atoms with Crippen molar-refractivity contribution in [3.63, 3.8) is 0 Å². The van der Waals surface area contributed by atoms with E-state index in [4.69, 9.17) is 20.6 Å². The average molecular weight is 334 g/mol. The molecular formula is C17H26N4O3. The molecule has 0 heterocycles. The van der Waals surface area contributed by atoms with Crippen LogP contribution < -0.4 is 15.8 Å². The van der Waals surface area contributed by atoms with Crippen molar-refractivity contribution in [3.05, 3.63) is 29.8 Å². The molecule has 0 fully saturated rings. The largest absolute Gasteiger partial charge is 0.492 e. The van der Waals surface area contributed by atoms with E-state index in [0.29, 0.717) is 31.2 Å². The van der Waals surface area contributed by atoms with Gasteiger partial charge in [0.2, 0.25) is 0 Å². The molecule has 7 heteroatoms. The molecule has 0 aliphatic carbocycles. The Morgan fingerprint density at radius 2 is 1.92 bits per heavy atom. The number of carbonyl (C=O) groups is 1. The highest BCUT2D eigenvalue weighted by Crippen LogP contribution is 2.13. The first-order valence-electron chi connectivity index (χ1n) is 7.72. The quantitative estimate of drug-likeness (QED) is 0.422. The Morgan fingerprint density at radius 1 is 1.29 bits per heavy atom. The number of amides is 1. The van der Waals surface area contributed by atoms with E-state index in [1.54, 1.807) is 6.92 Å². The number of hydrogen-bond acceptors (Lipinski definition) is 4. The van der Waals surface area contributed by atoms with E-state index in [1.165, 1.54) is 0 Å². The highest BCUT2D eigenvalue weighted by atomic mass is 16.6. The maximum absolute atomic E-state index is 11.5. The van der Waals surface area contributed by atoms with Crippen LogP contribution in [0.3, 0.4) is 0 Å². The molecule has 0 bridgehead atoms. The zero-order valence-corrected chi connectivity index (χ0v) is 14.7. The van der Waals surface area contributed by atoms with Gasteiger partial charge in [-0.15, -0.1) is 0 Å². The summed E-state index contributed by atoms with van der Waals surface area (Å²) in [5.74, 6) is 1.28. The van der Waals surface area contributed by atoms with Crippen LogP contribution in [0.2, 0.25) is 0 Å². The van der Waals surface area contributed by atoms with Crippen molar-refractivity contribution >= 4 is 17.8 Å². The Bertz CT molecular complexity index is 585. The molecule has 0 radical (unpaired) electrons. The monoisotopic (exact) mass is 334 g/mol. The van der Waals surface area contributed by atoms with E-state index in [9.17, 15) is 4.79 Å². The third-order valence-electron chi connectivity index (χ3n) is 2.65. The van der Waals surface area contributed by atoms with E-state index < -0.39 is 11.7 Å². The number of benzene rings is 1. The maximum atomic E-state index is 11.5. The normalized spacial score (nSPS) is 11.8. The summed E-state index contributed by atoms with van der Waals surface area (Å²) in [6, 6.07) is 7.36. The fraction of sp³-hybridized carbons (Fsp3) is 0.471. The van der Waals surface area contributed by atoms with Gasteiger partial charge in [0.15, 0.2) is 0 Å². The SMILES string of the molecule is CC(N)=NC(=N)Cc1ccc(OCCNC(=O)OC(C)(C)C)cc1. The predicted octanol–water partition coefficient (Wildman–Crippen LogP) is 2.49. The van der Waals surface area contributed by atoms with Crippen LogP contribution in [0, 0.1) is 5.41 Å². The van der Waals surface area contributed by atoms with Crippen LogP contribution in [-0.4, -0.2) is 36.5 Å². The van der Waals surface area contributed by atoms with Crippen LogP contribution in [0.5, 0.6) is 5.75 Å². The molecule has 1 aromatic rings. The number of nitrogens with one attached hydrogen (secondary N) is 2. The Hall–Kier alpha value is -2.57. The van der Waals surface area contributed by atoms with Gasteiger partial charge in [0, 0.05) is 6.42 Å². The van der Waals surface area contributed by atoms with Crippen molar-refractivity contribution in [2.45, 2.75) is 39.7 Å². The second kappa shape index (κ2) is 8.90. The van der Waals surface area contributed by atoms with Crippen LogP contribution in [0.15, 0.2) is 29.3 Å². The fourth-order valence-corrected chi connectivity index (χ4v) is 1.79. The number of rotatable bonds is 6. The van der Waals surface area contributed by atoms with Crippen molar-refractivity contribution in [1.29, 1.82) is 5.41 Å². The van der Waals surface area contributed by atoms with Crippen molar-refractivity contribution in [1.82, 2.24) is 5.32 Å². The summed E-state index contributed by atoms with van der Waals surface area (Å²) in [6.45, 7) is 7.77. The lowest BCUT2D eigenvalue weighted by molar-refractivity contribution is 0.0520.